The Morgan fingerprint density at radius 1 is 1.30 bits per heavy atom. The van der Waals surface area contributed by atoms with E-state index in [-0.39, 0.29) is 17.7 Å². The van der Waals surface area contributed by atoms with Crippen LogP contribution in [0.2, 0.25) is 0 Å². The minimum Gasteiger partial charge on any atom is -0.467 e. The summed E-state index contributed by atoms with van der Waals surface area (Å²) in [5.74, 6) is 2.28. The van der Waals surface area contributed by atoms with Gasteiger partial charge in [-0.2, -0.15) is 0 Å². The number of amides is 1. The lowest BCUT2D eigenvalue weighted by atomic mass is 10.2. The van der Waals surface area contributed by atoms with Crippen LogP contribution in [0.15, 0.2) is 28.0 Å². The molecule has 0 radical (unpaired) electrons. The van der Waals surface area contributed by atoms with E-state index in [1.807, 2.05) is 19.1 Å². The molecular weight excluding hydrogens is 366 g/mol. The maximum Gasteiger partial charge on any atom is 0.231 e. The number of furan rings is 1. The maximum absolute atomic E-state index is 12.3. The van der Waals surface area contributed by atoms with Gasteiger partial charge >= 0.3 is 0 Å². The van der Waals surface area contributed by atoms with Gasteiger partial charge in [0.05, 0.1) is 31.3 Å². The number of hydrogen-bond donors (Lipinski definition) is 1. The van der Waals surface area contributed by atoms with E-state index in [4.69, 9.17) is 9.15 Å². The molecule has 8 nitrogen and oxygen atoms in total. The molecule has 0 aromatic carbocycles. The lowest BCUT2D eigenvalue weighted by Crippen LogP contribution is -2.38. The van der Waals surface area contributed by atoms with Crippen LogP contribution < -0.4 is 10.2 Å². The predicted molar refractivity (Wildman–Crippen MR) is 104 cm³/mol. The van der Waals surface area contributed by atoms with E-state index >= 15 is 0 Å². The number of hydrogen-bond acceptors (Lipinski definition) is 7. The van der Waals surface area contributed by atoms with E-state index in [9.17, 15) is 4.79 Å². The molecule has 3 heterocycles. The monoisotopic (exact) mass is 393 g/mol. The van der Waals surface area contributed by atoms with Crippen LogP contribution in [-0.4, -0.2) is 52.7 Å². The Morgan fingerprint density at radius 2 is 2.07 bits per heavy atom. The van der Waals surface area contributed by atoms with Gasteiger partial charge in [-0.05, 0) is 25.0 Å². The minimum atomic E-state index is -0.162. The molecule has 0 bridgehead atoms. The second-order valence-electron chi connectivity index (χ2n) is 6.98. The van der Waals surface area contributed by atoms with Gasteiger partial charge in [0.1, 0.15) is 5.76 Å². The minimum absolute atomic E-state index is 0.0593. The summed E-state index contributed by atoms with van der Waals surface area (Å²) in [6, 6.07) is 3.51. The number of thioether (sulfide) groups is 1. The highest BCUT2D eigenvalue weighted by atomic mass is 32.2. The molecule has 148 valence electrons. The summed E-state index contributed by atoms with van der Waals surface area (Å²) in [6.07, 6.45) is 1.61. The number of carbonyl (C=O) groups excluding carboxylic acids is 1. The zero-order valence-electron chi connectivity index (χ0n) is 16.1. The van der Waals surface area contributed by atoms with Crippen molar-refractivity contribution in [2.24, 2.45) is 5.92 Å². The van der Waals surface area contributed by atoms with E-state index < -0.39 is 0 Å². The van der Waals surface area contributed by atoms with E-state index in [1.165, 1.54) is 11.8 Å². The van der Waals surface area contributed by atoms with Crippen LogP contribution in [0.5, 0.6) is 0 Å². The van der Waals surface area contributed by atoms with Crippen LogP contribution in [0.4, 0.5) is 5.95 Å². The van der Waals surface area contributed by atoms with Crippen LogP contribution in [0.1, 0.15) is 32.6 Å². The number of carbonyl (C=O) groups is 1. The van der Waals surface area contributed by atoms with Crippen molar-refractivity contribution in [1.29, 1.82) is 0 Å². The summed E-state index contributed by atoms with van der Waals surface area (Å²) in [5, 5.41) is 12.4. The summed E-state index contributed by atoms with van der Waals surface area (Å²) in [7, 11) is 0. The zero-order chi connectivity index (χ0) is 19.2. The number of morpholine rings is 1. The first-order chi connectivity index (χ1) is 13.0. The number of nitrogens with zero attached hydrogens (tertiary/aromatic N) is 4. The summed E-state index contributed by atoms with van der Waals surface area (Å²) >= 11 is 1.41. The molecular formula is C18H27N5O3S. The van der Waals surface area contributed by atoms with Gasteiger partial charge in [0.25, 0.3) is 0 Å². The molecule has 0 aliphatic carbocycles. The van der Waals surface area contributed by atoms with Crippen LogP contribution in [-0.2, 0) is 16.1 Å². The van der Waals surface area contributed by atoms with Crippen molar-refractivity contribution in [3.8, 4) is 0 Å². The first kappa shape index (κ1) is 19.8. The molecule has 1 aliphatic heterocycles. The normalized spacial score (nSPS) is 15.9. The van der Waals surface area contributed by atoms with Crippen LogP contribution in [0.25, 0.3) is 0 Å². The molecule has 2 aromatic rings. The highest BCUT2D eigenvalue weighted by molar-refractivity contribution is 7.99. The van der Waals surface area contributed by atoms with E-state index in [0.29, 0.717) is 19.1 Å². The highest BCUT2D eigenvalue weighted by Crippen LogP contribution is 2.24. The van der Waals surface area contributed by atoms with Crippen molar-refractivity contribution >= 4 is 23.6 Å². The van der Waals surface area contributed by atoms with E-state index in [1.54, 1.807) is 6.26 Å². The average molecular weight is 394 g/mol. The smallest absolute Gasteiger partial charge is 0.231 e. The second-order valence-corrected chi connectivity index (χ2v) is 7.92. The SMILES string of the molecule is CC(C)Cn1c(SCC(=O)N[C@H](C)c2ccco2)nnc1N1CCOCC1. The number of rotatable bonds is 8. The van der Waals surface area contributed by atoms with Crippen LogP contribution in [0, 0.1) is 5.92 Å². The van der Waals surface area contributed by atoms with Gasteiger partial charge in [-0.3, -0.25) is 9.36 Å². The van der Waals surface area contributed by atoms with Crippen molar-refractivity contribution in [1.82, 2.24) is 20.1 Å². The Labute approximate surface area is 163 Å². The molecule has 2 aromatic heterocycles. The van der Waals surface area contributed by atoms with Gasteiger partial charge < -0.3 is 19.4 Å². The molecule has 0 saturated carbocycles. The Hall–Kier alpha value is -2.00. The number of nitrogens with one attached hydrogen (secondary N) is 1. The van der Waals surface area contributed by atoms with Crippen LogP contribution >= 0.6 is 11.8 Å². The van der Waals surface area contributed by atoms with Gasteiger partial charge in [0, 0.05) is 19.6 Å². The molecule has 1 aliphatic rings. The van der Waals surface area contributed by atoms with Crippen molar-refractivity contribution in [3.05, 3.63) is 24.2 Å². The second kappa shape index (κ2) is 9.27. The van der Waals surface area contributed by atoms with E-state index in [2.05, 4.69) is 38.8 Å². The molecule has 3 rings (SSSR count). The third-order valence-corrected chi connectivity index (χ3v) is 5.19. The molecule has 9 heteroatoms. The molecule has 1 fully saturated rings. The van der Waals surface area contributed by atoms with Crippen LogP contribution in [0.3, 0.4) is 0 Å². The average Bonchev–Trinajstić information content (AvgIpc) is 3.30. The Bertz CT molecular complexity index is 725. The third kappa shape index (κ3) is 5.26. The first-order valence-electron chi connectivity index (χ1n) is 9.26. The molecule has 0 spiro atoms. The largest absolute Gasteiger partial charge is 0.467 e. The lowest BCUT2D eigenvalue weighted by molar-refractivity contribution is -0.119. The van der Waals surface area contributed by atoms with Gasteiger partial charge in [0.2, 0.25) is 11.9 Å². The summed E-state index contributed by atoms with van der Waals surface area (Å²) in [4.78, 5) is 14.5. The fourth-order valence-electron chi connectivity index (χ4n) is 2.93. The van der Waals surface area contributed by atoms with Crippen molar-refractivity contribution in [2.45, 2.75) is 38.5 Å². The van der Waals surface area contributed by atoms with Gasteiger partial charge in [-0.1, -0.05) is 25.6 Å². The molecule has 0 unspecified atom stereocenters. The number of ether oxygens (including phenoxy) is 1. The van der Waals surface area contributed by atoms with Gasteiger partial charge in [0.15, 0.2) is 5.16 Å². The molecule has 27 heavy (non-hydrogen) atoms. The summed E-state index contributed by atoms with van der Waals surface area (Å²) in [6.45, 7) is 10.1. The molecule has 1 saturated heterocycles. The Morgan fingerprint density at radius 3 is 2.74 bits per heavy atom. The van der Waals surface area contributed by atoms with E-state index in [0.717, 1.165) is 36.5 Å². The highest BCUT2D eigenvalue weighted by Gasteiger charge is 2.22. The summed E-state index contributed by atoms with van der Waals surface area (Å²) in [5.41, 5.74) is 0. The van der Waals surface area contributed by atoms with Crippen molar-refractivity contribution in [2.75, 3.05) is 37.0 Å². The molecule has 1 amide bonds. The molecule has 1 atom stereocenters. The zero-order valence-corrected chi connectivity index (χ0v) is 16.9. The fraction of sp³-hybridized carbons (Fsp3) is 0.611. The lowest BCUT2D eigenvalue weighted by Gasteiger charge is -2.28. The van der Waals surface area contributed by atoms with Crippen molar-refractivity contribution < 1.29 is 13.9 Å². The predicted octanol–water partition coefficient (Wildman–Crippen LogP) is 2.33. The third-order valence-electron chi connectivity index (χ3n) is 4.22. The summed E-state index contributed by atoms with van der Waals surface area (Å²) < 4.78 is 12.9. The maximum atomic E-state index is 12.3. The number of anilines is 1. The standard InChI is InChI=1S/C18H27N5O3S/c1-13(2)11-23-17(22-6-9-25-10-7-22)20-21-18(23)27-12-16(24)19-14(3)15-5-4-8-26-15/h4-5,8,13-14H,6-7,9-12H2,1-3H3,(H,19,24)/t14-/m1/s1. The Kier molecular flexibility index (Phi) is 6.78. The Balaban J connectivity index is 1.63. The molecule has 1 N–H and O–H groups in total. The first-order valence-corrected chi connectivity index (χ1v) is 10.2. The van der Waals surface area contributed by atoms with Crippen molar-refractivity contribution in [3.63, 3.8) is 0 Å². The van der Waals surface area contributed by atoms with Gasteiger partial charge in [-0.15, -0.1) is 10.2 Å². The van der Waals surface area contributed by atoms with Gasteiger partial charge in [-0.25, -0.2) is 0 Å². The topological polar surface area (TPSA) is 85.4 Å². The quantitative estimate of drug-likeness (QED) is 0.689. The fourth-order valence-corrected chi connectivity index (χ4v) is 3.69. The number of aromatic nitrogens is 3.